The van der Waals surface area contributed by atoms with E-state index >= 15 is 0 Å². The van der Waals surface area contributed by atoms with Gasteiger partial charge in [-0.15, -0.1) is 12.4 Å². The Balaban J connectivity index is 0.00000280. The molecule has 0 atom stereocenters. The van der Waals surface area contributed by atoms with E-state index < -0.39 is 15.6 Å². The van der Waals surface area contributed by atoms with E-state index in [2.05, 4.69) is 10.6 Å². The van der Waals surface area contributed by atoms with E-state index in [1.807, 2.05) is 19.1 Å². The van der Waals surface area contributed by atoms with Crippen molar-refractivity contribution in [1.29, 1.82) is 0 Å². The average Bonchev–Trinajstić information content (AvgIpc) is 2.69. The van der Waals surface area contributed by atoms with Crippen LogP contribution in [0.2, 0.25) is 0 Å². The number of carbonyl (C=O) groups is 1. The van der Waals surface area contributed by atoms with Crippen molar-refractivity contribution in [3.63, 3.8) is 0 Å². The number of nitrogens with zero attached hydrogens (tertiary/aromatic N) is 1. The molecule has 3 rings (SSSR count). The summed E-state index contributed by atoms with van der Waals surface area (Å²) in [7, 11) is -1.90. The first-order valence-electron chi connectivity index (χ1n) is 9.51. The fraction of sp³-hybridized carbons (Fsp3) is 0.632. The Morgan fingerprint density at radius 2 is 1.75 bits per heavy atom. The van der Waals surface area contributed by atoms with Gasteiger partial charge in [-0.2, -0.15) is 4.31 Å². The fourth-order valence-corrected chi connectivity index (χ4v) is 5.24. The zero-order valence-corrected chi connectivity index (χ0v) is 18.1. The molecule has 1 amide bonds. The van der Waals surface area contributed by atoms with Crippen LogP contribution in [0.15, 0.2) is 29.2 Å². The summed E-state index contributed by atoms with van der Waals surface area (Å²) in [5.41, 5.74) is 0.261. The third-order valence-electron chi connectivity index (χ3n) is 5.66. The van der Waals surface area contributed by atoms with Crippen molar-refractivity contribution in [3.8, 4) is 0 Å². The van der Waals surface area contributed by atoms with Crippen LogP contribution in [0.4, 0.5) is 0 Å². The summed E-state index contributed by atoms with van der Waals surface area (Å²) in [6, 6.07) is 6.89. The first-order chi connectivity index (χ1) is 12.9. The number of benzene rings is 1. The van der Waals surface area contributed by atoms with Crippen LogP contribution in [0.25, 0.3) is 0 Å². The lowest BCUT2D eigenvalue weighted by Gasteiger charge is -2.37. The molecule has 2 aliphatic rings. The quantitative estimate of drug-likeness (QED) is 0.736. The molecule has 0 unspecified atom stereocenters. The number of nitrogens with one attached hydrogen (secondary N) is 2. The maximum atomic E-state index is 12.8. The fourth-order valence-electron chi connectivity index (χ4n) is 3.77. The third kappa shape index (κ3) is 4.86. The van der Waals surface area contributed by atoms with Gasteiger partial charge < -0.3 is 15.4 Å². The number of sulfonamides is 1. The second kappa shape index (κ2) is 9.54. The molecule has 7 nitrogen and oxygen atoms in total. The number of ether oxygens (including phenoxy) is 1. The molecule has 2 aliphatic heterocycles. The van der Waals surface area contributed by atoms with E-state index in [1.165, 1.54) is 4.31 Å². The third-order valence-corrected chi connectivity index (χ3v) is 7.58. The Hall–Kier alpha value is -1.19. The van der Waals surface area contributed by atoms with Crippen molar-refractivity contribution < 1.29 is 17.9 Å². The average molecular weight is 432 g/mol. The van der Waals surface area contributed by atoms with Gasteiger partial charge in [-0.3, -0.25) is 4.79 Å². The number of methoxy groups -OCH3 is 1. The highest BCUT2D eigenvalue weighted by atomic mass is 35.5. The van der Waals surface area contributed by atoms with Gasteiger partial charge in [0.05, 0.1) is 4.90 Å². The predicted octanol–water partition coefficient (Wildman–Crippen LogP) is 1.45. The molecule has 0 bridgehead atoms. The Kier molecular flexibility index (Phi) is 7.87. The molecule has 2 fully saturated rings. The van der Waals surface area contributed by atoms with Crippen LogP contribution in [-0.2, 0) is 19.6 Å². The maximum absolute atomic E-state index is 12.8. The van der Waals surface area contributed by atoms with E-state index in [-0.39, 0.29) is 24.4 Å². The van der Waals surface area contributed by atoms with Gasteiger partial charge in [0, 0.05) is 26.2 Å². The second-order valence-electron chi connectivity index (χ2n) is 7.41. The first kappa shape index (κ1) is 23.1. The zero-order chi connectivity index (χ0) is 19.5. The van der Waals surface area contributed by atoms with Gasteiger partial charge in [0.25, 0.3) is 5.91 Å². The van der Waals surface area contributed by atoms with Crippen LogP contribution in [0.5, 0.6) is 0 Å². The van der Waals surface area contributed by atoms with Crippen LogP contribution >= 0.6 is 12.4 Å². The Morgan fingerprint density at radius 3 is 2.29 bits per heavy atom. The first-order valence-corrected chi connectivity index (χ1v) is 10.9. The predicted molar refractivity (Wildman–Crippen MR) is 110 cm³/mol. The number of amides is 1. The summed E-state index contributed by atoms with van der Waals surface area (Å²) in [4.78, 5) is 13.1. The molecule has 0 saturated carbocycles. The molecule has 1 aromatic rings. The summed E-state index contributed by atoms with van der Waals surface area (Å²) < 4.78 is 32.6. The highest BCUT2D eigenvalue weighted by Gasteiger charge is 2.41. The smallest absolute Gasteiger partial charge is 0.252 e. The number of piperidine rings is 2. The van der Waals surface area contributed by atoms with Gasteiger partial charge in [0.15, 0.2) is 0 Å². The van der Waals surface area contributed by atoms with Crippen LogP contribution < -0.4 is 10.6 Å². The van der Waals surface area contributed by atoms with Crippen molar-refractivity contribution in [2.24, 2.45) is 0 Å². The van der Waals surface area contributed by atoms with Gasteiger partial charge in [-0.05, 0) is 57.8 Å². The summed E-state index contributed by atoms with van der Waals surface area (Å²) in [5.74, 6) is -0.0775. The molecule has 1 aromatic carbocycles. The van der Waals surface area contributed by atoms with Gasteiger partial charge in [0.1, 0.15) is 5.60 Å². The van der Waals surface area contributed by atoms with Gasteiger partial charge >= 0.3 is 0 Å². The van der Waals surface area contributed by atoms with Crippen molar-refractivity contribution in [1.82, 2.24) is 14.9 Å². The molecular weight excluding hydrogens is 402 g/mol. The van der Waals surface area contributed by atoms with E-state index in [0.717, 1.165) is 18.7 Å². The molecule has 0 radical (unpaired) electrons. The van der Waals surface area contributed by atoms with Crippen molar-refractivity contribution in [2.75, 3.05) is 33.3 Å². The normalized spacial score (nSPS) is 20.9. The molecular formula is C19H30ClN3O4S. The molecule has 9 heteroatoms. The van der Waals surface area contributed by atoms with Crippen molar-refractivity contribution >= 4 is 28.3 Å². The molecule has 2 heterocycles. The Labute approximate surface area is 173 Å². The summed E-state index contributed by atoms with van der Waals surface area (Å²) in [5, 5.41) is 6.33. The van der Waals surface area contributed by atoms with Gasteiger partial charge in [-0.25, -0.2) is 8.42 Å². The lowest BCUT2D eigenvalue weighted by molar-refractivity contribution is -0.147. The minimum absolute atomic E-state index is 0. The van der Waals surface area contributed by atoms with Crippen LogP contribution in [0.3, 0.4) is 0 Å². The largest absolute Gasteiger partial charge is 0.368 e. The summed E-state index contributed by atoms with van der Waals surface area (Å²) in [6.45, 7) is 4.26. The summed E-state index contributed by atoms with van der Waals surface area (Å²) in [6.07, 6.45) is 2.51. The van der Waals surface area contributed by atoms with Crippen LogP contribution in [0, 0.1) is 6.92 Å². The van der Waals surface area contributed by atoms with Gasteiger partial charge in [0.2, 0.25) is 10.0 Å². The minimum Gasteiger partial charge on any atom is -0.368 e. The van der Waals surface area contributed by atoms with E-state index in [4.69, 9.17) is 4.74 Å². The van der Waals surface area contributed by atoms with E-state index in [0.29, 0.717) is 43.7 Å². The van der Waals surface area contributed by atoms with Crippen molar-refractivity contribution in [3.05, 3.63) is 29.8 Å². The minimum atomic E-state index is -3.48. The number of halogens is 1. The number of hydrogen-bond donors (Lipinski definition) is 2. The van der Waals surface area contributed by atoms with E-state index in [9.17, 15) is 13.2 Å². The number of rotatable bonds is 5. The lowest BCUT2D eigenvalue weighted by Crippen LogP contribution is -2.57. The molecule has 2 N–H and O–H groups in total. The number of carbonyl (C=O) groups excluding carboxylic acids is 1. The SMILES string of the molecule is COC1(C(=O)NC2CCN(S(=O)(=O)c3ccc(C)cc3)CC2)CCNCC1.Cl. The van der Waals surface area contributed by atoms with Gasteiger partial charge in [-0.1, -0.05) is 17.7 Å². The Morgan fingerprint density at radius 1 is 1.18 bits per heavy atom. The highest BCUT2D eigenvalue weighted by molar-refractivity contribution is 7.89. The zero-order valence-electron chi connectivity index (χ0n) is 16.4. The monoisotopic (exact) mass is 431 g/mol. The second-order valence-corrected chi connectivity index (χ2v) is 9.35. The topological polar surface area (TPSA) is 87.7 Å². The molecule has 0 spiro atoms. The number of aryl methyl sites for hydroxylation is 1. The summed E-state index contributed by atoms with van der Waals surface area (Å²) >= 11 is 0. The molecule has 0 aromatic heterocycles. The van der Waals surface area contributed by atoms with Crippen LogP contribution in [0.1, 0.15) is 31.2 Å². The molecule has 158 valence electrons. The standard InChI is InChI=1S/C19H29N3O4S.ClH/c1-15-3-5-17(6-4-15)27(24,25)22-13-7-16(8-14-22)21-18(23)19(26-2)9-11-20-12-10-19;/h3-6,16,20H,7-14H2,1-2H3,(H,21,23);1H. The molecule has 2 saturated heterocycles. The maximum Gasteiger partial charge on any atom is 0.252 e. The Bertz CT molecular complexity index is 756. The van der Waals surface area contributed by atoms with Crippen LogP contribution in [-0.4, -0.2) is 63.6 Å². The number of hydrogen-bond acceptors (Lipinski definition) is 5. The molecule has 28 heavy (non-hydrogen) atoms. The lowest BCUT2D eigenvalue weighted by atomic mass is 9.90. The van der Waals surface area contributed by atoms with E-state index in [1.54, 1.807) is 19.2 Å². The molecule has 0 aliphatic carbocycles. The highest BCUT2D eigenvalue weighted by Crippen LogP contribution is 2.25. The van der Waals surface area contributed by atoms with Crippen molar-refractivity contribution in [2.45, 2.75) is 49.1 Å².